The maximum Gasteiger partial charge on any atom is 0.248 e. The molecule has 0 aromatic heterocycles. The molecule has 0 aliphatic carbocycles. The van der Waals surface area contributed by atoms with Gasteiger partial charge >= 0.3 is 0 Å². The quantitative estimate of drug-likeness (QED) is 0.479. The van der Waals surface area contributed by atoms with E-state index in [0.717, 1.165) is 12.2 Å². The van der Waals surface area contributed by atoms with E-state index in [1.807, 2.05) is 30.3 Å². The third-order valence-electron chi connectivity index (χ3n) is 2.38. The number of carbonyl (C=O) groups excluding carboxylic acids is 2. The Kier molecular flexibility index (Phi) is 6.99. The van der Waals surface area contributed by atoms with E-state index in [1.165, 1.54) is 4.90 Å². The number of amides is 2. The number of carbonyl (C=O) groups is 2. The molecule has 0 spiro atoms. The summed E-state index contributed by atoms with van der Waals surface area (Å²) in [4.78, 5) is 23.1. The first kappa shape index (κ1) is 15.5. The van der Waals surface area contributed by atoms with Crippen molar-refractivity contribution < 1.29 is 14.7 Å². The number of benzene rings is 1. The van der Waals surface area contributed by atoms with Crippen LogP contribution >= 0.6 is 11.8 Å². The molecule has 19 heavy (non-hydrogen) atoms. The summed E-state index contributed by atoms with van der Waals surface area (Å²) in [5.41, 5.74) is 4.86. The smallest absolute Gasteiger partial charge is 0.248 e. The van der Waals surface area contributed by atoms with Crippen LogP contribution in [-0.2, 0) is 9.59 Å². The second kappa shape index (κ2) is 8.55. The highest BCUT2D eigenvalue weighted by Gasteiger charge is 2.11. The molecule has 0 aliphatic rings. The molecule has 1 aromatic carbocycles. The van der Waals surface area contributed by atoms with Crippen LogP contribution in [0.2, 0.25) is 0 Å². The Labute approximate surface area is 116 Å². The van der Waals surface area contributed by atoms with Crippen LogP contribution in [0.25, 0.3) is 0 Å². The van der Waals surface area contributed by atoms with Gasteiger partial charge in [0, 0.05) is 11.3 Å². The Hall–Kier alpha value is -1.53. The summed E-state index contributed by atoms with van der Waals surface area (Å²) >= 11 is 1.69. The first-order valence-corrected chi connectivity index (χ1v) is 7.00. The number of primary amides is 1. The molecule has 0 bridgehead atoms. The van der Waals surface area contributed by atoms with E-state index in [2.05, 4.69) is 5.32 Å². The van der Waals surface area contributed by atoms with Crippen LogP contribution in [0, 0.1) is 0 Å². The maximum absolute atomic E-state index is 11.4. The molecule has 1 aromatic rings. The number of nitrogens with one attached hydrogen (secondary N) is 1. The van der Waals surface area contributed by atoms with Crippen LogP contribution in [0.5, 0.6) is 0 Å². The monoisotopic (exact) mass is 282 g/mol. The summed E-state index contributed by atoms with van der Waals surface area (Å²) in [6, 6.07) is 9.95. The van der Waals surface area contributed by atoms with Crippen molar-refractivity contribution in [1.29, 1.82) is 0 Å². The van der Waals surface area contributed by atoms with Crippen molar-refractivity contribution in [2.45, 2.75) is 23.8 Å². The Morgan fingerprint density at radius 3 is 2.63 bits per heavy atom. The van der Waals surface area contributed by atoms with Gasteiger partial charge in [0.15, 0.2) is 0 Å². The van der Waals surface area contributed by atoms with Gasteiger partial charge in [-0.2, -0.15) is 0 Å². The zero-order chi connectivity index (χ0) is 14.1. The van der Waals surface area contributed by atoms with Gasteiger partial charge < -0.3 is 16.2 Å². The van der Waals surface area contributed by atoms with Crippen molar-refractivity contribution in [2.24, 2.45) is 5.73 Å². The third kappa shape index (κ3) is 6.83. The minimum Gasteiger partial charge on any atom is -0.381 e. The molecule has 6 heteroatoms. The van der Waals surface area contributed by atoms with E-state index in [1.54, 1.807) is 11.8 Å². The highest BCUT2D eigenvalue weighted by Crippen LogP contribution is 2.18. The summed E-state index contributed by atoms with van der Waals surface area (Å²) in [5, 5.41) is 11.6. The van der Waals surface area contributed by atoms with Crippen LogP contribution in [-0.4, -0.2) is 35.3 Å². The Balaban J connectivity index is 2.09. The van der Waals surface area contributed by atoms with Crippen molar-refractivity contribution in [3.63, 3.8) is 0 Å². The molecule has 4 N–H and O–H groups in total. The van der Waals surface area contributed by atoms with Crippen molar-refractivity contribution in [3.8, 4) is 0 Å². The number of nitrogens with two attached hydrogens (primary N) is 1. The topological polar surface area (TPSA) is 92.4 Å². The SMILES string of the molecule is NC(=O)C(O)CNC(=O)CCCSc1ccccc1. The molecule has 0 aliphatic heterocycles. The Morgan fingerprint density at radius 2 is 2.00 bits per heavy atom. The molecule has 104 valence electrons. The van der Waals surface area contributed by atoms with E-state index in [9.17, 15) is 9.59 Å². The Bertz CT molecular complexity index is 412. The number of hydrogen-bond donors (Lipinski definition) is 3. The van der Waals surface area contributed by atoms with Gasteiger partial charge in [0.1, 0.15) is 6.10 Å². The van der Waals surface area contributed by atoms with Crippen molar-refractivity contribution in [1.82, 2.24) is 5.32 Å². The van der Waals surface area contributed by atoms with Crippen LogP contribution in [0.15, 0.2) is 35.2 Å². The van der Waals surface area contributed by atoms with Crippen LogP contribution in [0.3, 0.4) is 0 Å². The van der Waals surface area contributed by atoms with Gasteiger partial charge in [0.25, 0.3) is 0 Å². The predicted octanol–water partition coefficient (Wildman–Crippen LogP) is 0.521. The molecule has 1 unspecified atom stereocenters. The zero-order valence-corrected chi connectivity index (χ0v) is 11.4. The van der Waals surface area contributed by atoms with Crippen LogP contribution in [0.1, 0.15) is 12.8 Å². The number of hydrogen-bond acceptors (Lipinski definition) is 4. The molecule has 0 saturated carbocycles. The van der Waals surface area contributed by atoms with Gasteiger partial charge in [-0.25, -0.2) is 0 Å². The summed E-state index contributed by atoms with van der Waals surface area (Å²) in [6.45, 7) is -0.125. The lowest BCUT2D eigenvalue weighted by Gasteiger charge is -2.08. The first-order valence-electron chi connectivity index (χ1n) is 6.01. The van der Waals surface area contributed by atoms with Crippen LogP contribution < -0.4 is 11.1 Å². The van der Waals surface area contributed by atoms with Crippen molar-refractivity contribution >= 4 is 23.6 Å². The highest BCUT2D eigenvalue weighted by atomic mass is 32.2. The molecule has 5 nitrogen and oxygen atoms in total. The molecule has 1 rings (SSSR count). The molecule has 0 heterocycles. The highest BCUT2D eigenvalue weighted by molar-refractivity contribution is 7.99. The summed E-state index contributed by atoms with van der Waals surface area (Å²) in [7, 11) is 0. The predicted molar refractivity (Wildman–Crippen MR) is 74.6 cm³/mol. The van der Waals surface area contributed by atoms with Crippen molar-refractivity contribution in [2.75, 3.05) is 12.3 Å². The maximum atomic E-state index is 11.4. The van der Waals surface area contributed by atoms with E-state index >= 15 is 0 Å². The largest absolute Gasteiger partial charge is 0.381 e. The molecule has 0 radical (unpaired) electrons. The minimum atomic E-state index is -1.32. The lowest BCUT2D eigenvalue weighted by atomic mass is 10.3. The van der Waals surface area contributed by atoms with E-state index in [0.29, 0.717) is 6.42 Å². The average molecular weight is 282 g/mol. The molecular formula is C13H18N2O3S. The zero-order valence-electron chi connectivity index (χ0n) is 10.5. The molecule has 1 atom stereocenters. The third-order valence-corrected chi connectivity index (χ3v) is 3.48. The molecule has 0 fully saturated rings. The Morgan fingerprint density at radius 1 is 1.32 bits per heavy atom. The fourth-order valence-electron chi connectivity index (χ4n) is 1.34. The second-order valence-electron chi connectivity index (χ2n) is 3.99. The second-order valence-corrected chi connectivity index (χ2v) is 5.16. The molecular weight excluding hydrogens is 264 g/mol. The van der Waals surface area contributed by atoms with Gasteiger partial charge in [-0.3, -0.25) is 9.59 Å². The summed E-state index contributed by atoms with van der Waals surface area (Å²) in [5.74, 6) is -0.176. The standard InChI is InChI=1S/C13H18N2O3S/c14-13(18)11(16)9-15-12(17)7-4-8-19-10-5-2-1-3-6-10/h1-3,5-6,11,16H,4,7-9H2,(H2,14,18)(H,15,17). The van der Waals surface area contributed by atoms with E-state index in [4.69, 9.17) is 10.8 Å². The molecule has 2 amide bonds. The minimum absolute atomic E-state index is 0.125. The normalized spacial score (nSPS) is 11.8. The average Bonchev–Trinajstić information content (AvgIpc) is 2.42. The van der Waals surface area contributed by atoms with Gasteiger partial charge in [-0.1, -0.05) is 18.2 Å². The van der Waals surface area contributed by atoms with Gasteiger partial charge in [-0.15, -0.1) is 11.8 Å². The van der Waals surface area contributed by atoms with Crippen molar-refractivity contribution in [3.05, 3.63) is 30.3 Å². The number of rotatable bonds is 8. The lowest BCUT2D eigenvalue weighted by Crippen LogP contribution is -2.39. The summed E-state index contributed by atoms with van der Waals surface area (Å²) in [6.07, 6.45) is -0.216. The van der Waals surface area contributed by atoms with Gasteiger partial charge in [0.2, 0.25) is 11.8 Å². The fourth-order valence-corrected chi connectivity index (χ4v) is 2.21. The van der Waals surface area contributed by atoms with Gasteiger partial charge in [-0.05, 0) is 24.3 Å². The van der Waals surface area contributed by atoms with Crippen LogP contribution in [0.4, 0.5) is 0 Å². The molecule has 0 saturated heterocycles. The number of thioether (sulfide) groups is 1. The first-order chi connectivity index (χ1) is 9.09. The van der Waals surface area contributed by atoms with E-state index < -0.39 is 12.0 Å². The lowest BCUT2D eigenvalue weighted by molar-refractivity contribution is -0.127. The summed E-state index contributed by atoms with van der Waals surface area (Å²) < 4.78 is 0. The van der Waals surface area contributed by atoms with Gasteiger partial charge in [0.05, 0.1) is 6.54 Å². The number of aliphatic hydroxyl groups is 1. The number of aliphatic hydroxyl groups excluding tert-OH is 1. The van der Waals surface area contributed by atoms with E-state index in [-0.39, 0.29) is 12.5 Å². The fraction of sp³-hybridized carbons (Fsp3) is 0.385.